The standard InChI is InChI=1S/C19H27FN2O5/c1-12-15(23)21(17(26)27-18(2,3)4)11-19(5,22(12)16(24)25)10-13-8-6-7-9-14(13)20/h6-9,12,15,23H,10-11H2,1-5H3,(H,24,25). The summed E-state index contributed by atoms with van der Waals surface area (Å²) in [5.74, 6) is -0.452. The molecule has 1 aliphatic rings. The third-order valence-electron chi connectivity index (χ3n) is 4.61. The van der Waals surface area contributed by atoms with E-state index in [0.717, 1.165) is 9.80 Å². The van der Waals surface area contributed by atoms with Crippen molar-refractivity contribution in [2.24, 2.45) is 0 Å². The second-order valence-electron chi connectivity index (χ2n) is 8.18. The average Bonchev–Trinajstić information content (AvgIpc) is 2.51. The summed E-state index contributed by atoms with van der Waals surface area (Å²) in [6.07, 6.45) is -3.32. The number of hydrogen-bond donors (Lipinski definition) is 2. The summed E-state index contributed by atoms with van der Waals surface area (Å²) in [6.45, 7) is 8.11. The lowest BCUT2D eigenvalue weighted by Crippen LogP contribution is -2.71. The molecule has 2 amide bonds. The summed E-state index contributed by atoms with van der Waals surface area (Å²) in [6, 6.07) is 5.18. The Morgan fingerprint density at radius 1 is 1.33 bits per heavy atom. The molecule has 1 heterocycles. The highest BCUT2D eigenvalue weighted by atomic mass is 19.1. The smallest absolute Gasteiger partial charge is 0.412 e. The maximum Gasteiger partial charge on any atom is 0.412 e. The van der Waals surface area contributed by atoms with Crippen LogP contribution < -0.4 is 0 Å². The molecule has 1 aromatic rings. The van der Waals surface area contributed by atoms with Gasteiger partial charge in [0.25, 0.3) is 0 Å². The summed E-state index contributed by atoms with van der Waals surface area (Å²) in [5.41, 5.74) is -1.59. The maximum absolute atomic E-state index is 14.2. The lowest BCUT2D eigenvalue weighted by atomic mass is 9.86. The lowest BCUT2D eigenvalue weighted by molar-refractivity contribution is -0.127. The molecule has 0 spiro atoms. The van der Waals surface area contributed by atoms with E-state index in [1.807, 2.05) is 0 Å². The van der Waals surface area contributed by atoms with E-state index in [9.17, 15) is 24.2 Å². The molecule has 8 heteroatoms. The first-order chi connectivity index (χ1) is 12.4. The number of aliphatic hydroxyl groups is 1. The van der Waals surface area contributed by atoms with Crippen molar-refractivity contribution in [3.63, 3.8) is 0 Å². The topological polar surface area (TPSA) is 90.3 Å². The van der Waals surface area contributed by atoms with Gasteiger partial charge in [-0.05, 0) is 46.2 Å². The minimum Gasteiger partial charge on any atom is -0.465 e. The third-order valence-corrected chi connectivity index (χ3v) is 4.61. The lowest BCUT2D eigenvalue weighted by Gasteiger charge is -2.53. The molecule has 0 aliphatic carbocycles. The molecule has 1 saturated heterocycles. The molecule has 0 bridgehead atoms. The number of benzene rings is 1. The molecule has 2 rings (SSSR count). The molecular weight excluding hydrogens is 355 g/mol. The SMILES string of the molecule is CC1C(O)N(C(=O)OC(C)(C)C)CC(C)(Cc2ccccc2F)N1C(=O)O. The van der Waals surface area contributed by atoms with Gasteiger partial charge in [-0.1, -0.05) is 18.2 Å². The van der Waals surface area contributed by atoms with Gasteiger partial charge in [0, 0.05) is 6.42 Å². The zero-order chi connectivity index (χ0) is 20.6. The van der Waals surface area contributed by atoms with Crippen molar-refractivity contribution in [2.75, 3.05) is 6.54 Å². The Balaban J connectivity index is 2.40. The largest absolute Gasteiger partial charge is 0.465 e. The number of carbonyl (C=O) groups is 2. The number of carboxylic acid groups (broad SMARTS) is 1. The Morgan fingerprint density at radius 2 is 1.93 bits per heavy atom. The quantitative estimate of drug-likeness (QED) is 0.820. The summed E-state index contributed by atoms with van der Waals surface area (Å²) in [7, 11) is 0. The minimum atomic E-state index is -1.37. The number of amides is 2. The normalized spacial score (nSPS) is 26.0. The van der Waals surface area contributed by atoms with Crippen molar-refractivity contribution >= 4 is 12.2 Å². The van der Waals surface area contributed by atoms with E-state index in [1.165, 1.54) is 13.0 Å². The Labute approximate surface area is 158 Å². The van der Waals surface area contributed by atoms with Gasteiger partial charge in [0.1, 0.15) is 11.4 Å². The molecule has 7 nitrogen and oxygen atoms in total. The fraction of sp³-hybridized carbons (Fsp3) is 0.579. The predicted octanol–water partition coefficient (Wildman–Crippen LogP) is 3.06. The zero-order valence-electron chi connectivity index (χ0n) is 16.3. The highest BCUT2D eigenvalue weighted by Crippen LogP contribution is 2.33. The van der Waals surface area contributed by atoms with Crippen LogP contribution >= 0.6 is 0 Å². The van der Waals surface area contributed by atoms with Gasteiger partial charge in [-0.3, -0.25) is 9.80 Å². The molecule has 3 unspecified atom stereocenters. The zero-order valence-corrected chi connectivity index (χ0v) is 16.3. The Kier molecular flexibility index (Phi) is 5.70. The van der Waals surface area contributed by atoms with Crippen LogP contribution in [0, 0.1) is 5.82 Å². The first-order valence-electron chi connectivity index (χ1n) is 8.79. The number of halogens is 1. The van der Waals surface area contributed by atoms with Gasteiger partial charge in [-0.25, -0.2) is 14.0 Å². The van der Waals surface area contributed by atoms with Crippen LogP contribution in [0.5, 0.6) is 0 Å². The van der Waals surface area contributed by atoms with Crippen LogP contribution in [0.1, 0.15) is 40.2 Å². The number of hydrogen-bond acceptors (Lipinski definition) is 4. The molecule has 0 saturated carbocycles. The molecule has 1 aromatic carbocycles. The molecule has 27 heavy (non-hydrogen) atoms. The fourth-order valence-electron chi connectivity index (χ4n) is 3.51. The highest BCUT2D eigenvalue weighted by molar-refractivity contribution is 5.71. The molecule has 2 N–H and O–H groups in total. The van der Waals surface area contributed by atoms with Gasteiger partial charge >= 0.3 is 12.2 Å². The van der Waals surface area contributed by atoms with Crippen LogP contribution in [0.15, 0.2) is 24.3 Å². The van der Waals surface area contributed by atoms with Crippen LogP contribution in [0.4, 0.5) is 14.0 Å². The van der Waals surface area contributed by atoms with Crippen molar-refractivity contribution in [3.05, 3.63) is 35.6 Å². The third kappa shape index (κ3) is 4.50. The summed E-state index contributed by atoms with van der Waals surface area (Å²) in [5, 5.41) is 20.2. The van der Waals surface area contributed by atoms with E-state index < -0.39 is 41.4 Å². The van der Waals surface area contributed by atoms with Crippen LogP contribution in [0.3, 0.4) is 0 Å². The summed E-state index contributed by atoms with van der Waals surface area (Å²) in [4.78, 5) is 26.6. The van der Waals surface area contributed by atoms with E-state index in [1.54, 1.807) is 45.9 Å². The molecule has 1 fully saturated rings. The monoisotopic (exact) mass is 382 g/mol. The number of aliphatic hydroxyl groups excluding tert-OH is 1. The van der Waals surface area contributed by atoms with Crippen molar-refractivity contribution in [3.8, 4) is 0 Å². The second kappa shape index (κ2) is 7.34. The van der Waals surface area contributed by atoms with E-state index in [0.29, 0.717) is 5.56 Å². The number of carbonyl (C=O) groups excluding carboxylic acids is 1. The van der Waals surface area contributed by atoms with Gasteiger partial charge in [-0.15, -0.1) is 0 Å². The Bertz CT molecular complexity index is 720. The van der Waals surface area contributed by atoms with Crippen molar-refractivity contribution in [1.29, 1.82) is 0 Å². The molecule has 0 radical (unpaired) electrons. The molecule has 150 valence electrons. The molecular formula is C19H27FN2O5. The van der Waals surface area contributed by atoms with Crippen molar-refractivity contribution in [1.82, 2.24) is 9.80 Å². The predicted molar refractivity (Wildman–Crippen MR) is 96.8 cm³/mol. The van der Waals surface area contributed by atoms with Gasteiger partial charge in [0.2, 0.25) is 0 Å². The Morgan fingerprint density at radius 3 is 2.44 bits per heavy atom. The number of ether oxygens (including phenoxy) is 1. The van der Waals surface area contributed by atoms with Crippen LogP contribution in [-0.4, -0.2) is 62.2 Å². The first-order valence-corrected chi connectivity index (χ1v) is 8.79. The van der Waals surface area contributed by atoms with Crippen LogP contribution in [0.25, 0.3) is 0 Å². The van der Waals surface area contributed by atoms with Crippen molar-refractivity contribution < 1.29 is 28.9 Å². The van der Waals surface area contributed by atoms with Crippen LogP contribution in [-0.2, 0) is 11.2 Å². The summed E-state index contributed by atoms with van der Waals surface area (Å²) < 4.78 is 19.5. The van der Waals surface area contributed by atoms with Crippen LogP contribution in [0.2, 0.25) is 0 Å². The molecule has 0 aromatic heterocycles. The van der Waals surface area contributed by atoms with Gasteiger partial charge < -0.3 is 14.9 Å². The van der Waals surface area contributed by atoms with Gasteiger partial charge in [0.15, 0.2) is 6.23 Å². The number of nitrogens with zero attached hydrogens (tertiary/aromatic N) is 2. The van der Waals surface area contributed by atoms with E-state index >= 15 is 0 Å². The Hall–Kier alpha value is -2.35. The molecule has 1 aliphatic heterocycles. The van der Waals surface area contributed by atoms with E-state index in [2.05, 4.69) is 0 Å². The molecule has 3 atom stereocenters. The summed E-state index contributed by atoms with van der Waals surface area (Å²) >= 11 is 0. The van der Waals surface area contributed by atoms with E-state index in [-0.39, 0.29) is 13.0 Å². The van der Waals surface area contributed by atoms with Crippen molar-refractivity contribution in [2.45, 2.75) is 64.4 Å². The highest BCUT2D eigenvalue weighted by Gasteiger charge is 2.51. The average molecular weight is 382 g/mol. The van der Waals surface area contributed by atoms with E-state index in [4.69, 9.17) is 4.74 Å². The number of rotatable bonds is 2. The maximum atomic E-state index is 14.2. The first kappa shape index (κ1) is 21.0. The number of piperazine rings is 1. The van der Waals surface area contributed by atoms with Gasteiger partial charge in [0.05, 0.1) is 18.1 Å². The second-order valence-corrected chi connectivity index (χ2v) is 8.18. The van der Waals surface area contributed by atoms with Gasteiger partial charge in [-0.2, -0.15) is 0 Å². The minimum absolute atomic E-state index is 0.0440. The fourth-order valence-corrected chi connectivity index (χ4v) is 3.51.